The van der Waals surface area contributed by atoms with Crippen LogP contribution in [0.4, 0.5) is 0 Å². The van der Waals surface area contributed by atoms with Crippen LogP contribution in [-0.4, -0.2) is 77.5 Å². The number of benzene rings is 1. The lowest BCUT2D eigenvalue weighted by Crippen LogP contribution is -2.48. The number of nitrogens with one attached hydrogen (secondary N) is 2. The highest BCUT2D eigenvalue weighted by atomic mass is 32.2. The molecule has 0 spiro atoms. The molecule has 1 fully saturated rings. The van der Waals surface area contributed by atoms with E-state index in [2.05, 4.69) is 10.6 Å². The van der Waals surface area contributed by atoms with Crippen molar-refractivity contribution in [2.24, 2.45) is 0 Å². The quantitative estimate of drug-likeness (QED) is 0.422. The summed E-state index contributed by atoms with van der Waals surface area (Å²) < 4.78 is 43.1. The van der Waals surface area contributed by atoms with Crippen molar-refractivity contribution in [3.05, 3.63) is 28.8 Å². The molecule has 0 unspecified atom stereocenters. The largest absolute Gasteiger partial charge is 0.359 e. The van der Waals surface area contributed by atoms with Gasteiger partial charge in [-0.25, -0.2) is 8.42 Å². The van der Waals surface area contributed by atoms with Crippen LogP contribution in [0.3, 0.4) is 0 Å². The Kier molecular flexibility index (Phi) is 8.33. The van der Waals surface area contributed by atoms with Crippen LogP contribution in [0.1, 0.15) is 16.7 Å². The minimum absolute atomic E-state index is 0.00827. The third-order valence-electron chi connectivity index (χ3n) is 4.71. The zero-order chi connectivity index (χ0) is 22.5. The van der Waals surface area contributed by atoms with Crippen molar-refractivity contribution in [1.29, 1.82) is 0 Å². The van der Waals surface area contributed by atoms with Gasteiger partial charge < -0.3 is 24.8 Å². The molecular formula is C19H29N3O7S. The van der Waals surface area contributed by atoms with E-state index >= 15 is 0 Å². The first-order chi connectivity index (χ1) is 14.1. The van der Waals surface area contributed by atoms with E-state index < -0.39 is 34.4 Å². The van der Waals surface area contributed by atoms with E-state index in [-0.39, 0.29) is 31.1 Å². The Labute approximate surface area is 176 Å². The van der Waals surface area contributed by atoms with Crippen LogP contribution >= 0.6 is 0 Å². The first-order valence-corrected chi connectivity index (χ1v) is 10.9. The maximum atomic E-state index is 13.2. The summed E-state index contributed by atoms with van der Waals surface area (Å²) >= 11 is 0. The van der Waals surface area contributed by atoms with Crippen LogP contribution in [-0.2, 0) is 33.8 Å². The van der Waals surface area contributed by atoms with Crippen LogP contribution in [0, 0.1) is 20.8 Å². The number of sulfonamides is 1. The van der Waals surface area contributed by atoms with Crippen molar-refractivity contribution in [3.8, 4) is 0 Å². The number of carbonyl (C=O) groups is 2. The van der Waals surface area contributed by atoms with E-state index in [1.54, 1.807) is 13.8 Å². The smallest absolute Gasteiger partial charge is 0.309 e. The van der Waals surface area contributed by atoms with Crippen molar-refractivity contribution in [2.45, 2.75) is 38.2 Å². The fourth-order valence-corrected chi connectivity index (χ4v) is 5.34. The highest BCUT2D eigenvalue weighted by Crippen LogP contribution is 2.28. The topological polar surface area (TPSA) is 123 Å². The number of ether oxygens (including phenoxy) is 3. The summed E-state index contributed by atoms with van der Waals surface area (Å²) in [7, 11) is -1.02. The Morgan fingerprint density at radius 2 is 1.70 bits per heavy atom. The maximum absolute atomic E-state index is 13.2. The maximum Gasteiger partial charge on any atom is 0.309 e. The summed E-state index contributed by atoms with van der Waals surface area (Å²) in [6.07, 6.45) is -1.58. The third kappa shape index (κ3) is 5.55. The Hall–Kier alpha value is -2.05. The summed E-state index contributed by atoms with van der Waals surface area (Å²) in [5.41, 5.74) is 2.26. The molecule has 0 saturated carbocycles. The summed E-state index contributed by atoms with van der Waals surface area (Å²) in [6, 6.07) is 3.62. The molecule has 11 heteroatoms. The van der Waals surface area contributed by atoms with Gasteiger partial charge in [-0.1, -0.05) is 17.7 Å². The summed E-state index contributed by atoms with van der Waals surface area (Å²) in [5.74, 6) is -1.79. The molecule has 2 N–H and O–H groups in total. The molecule has 2 amide bonds. The summed E-state index contributed by atoms with van der Waals surface area (Å²) in [6.45, 7) is 5.58. The fourth-order valence-electron chi connectivity index (χ4n) is 3.41. The predicted molar refractivity (Wildman–Crippen MR) is 108 cm³/mol. The lowest BCUT2D eigenvalue weighted by atomic mass is 10.1. The van der Waals surface area contributed by atoms with Gasteiger partial charge in [0.1, 0.15) is 6.23 Å². The zero-order valence-electron chi connectivity index (χ0n) is 17.9. The summed E-state index contributed by atoms with van der Waals surface area (Å²) in [4.78, 5) is 24.2. The van der Waals surface area contributed by atoms with Gasteiger partial charge in [-0.2, -0.15) is 4.31 Å². The third-order valence-corrected chi connectivity index (χ3v) is 6.91. The second kappa shape index (κ2) is 10.3. The number of carbonyl (C=O) groups excluding carboxylic acids is 2. The number of amides is 2. The number of methoxy groups -OCH3 is 2. The molecule has 1 aromatic carbocycles. The van der Waals surface area contributed by atoms with Crippen LogP contribution in [0.15, 0.2) is 17.0 Å². The number of nitrogens with zero attached hydrogens (tertiary/aromatic N) is 1. The molecule has 1 aliphatic heterocycles. The molecule has 0 bridgehead atoms. The molecule has 2 rings (SSSR count). The highest BCUT2D eigenvalue weighted by Gasteiger charge is 2.38. The van der Waals surface area contributed by atoms with Gasteiger partial charge in [0, 0.05) is 20.8 Å². The molecule has 1 atom stereocenters. The van der Waals surface area contributed by atoms with Gasteiger partial charge >= 0.3 is 11.8 Å². The molecule has 1 heterocycles. The fraction of sp³-hybridized carbons (Fsp3) is 0.579. The second-order valence-corrected chi connectivity index (χ2v) is 8.82. The molecule has 1 saturated heterocycles. The number of aryl methyl sites for hydroxylation is 3. The molecule has 1 aliphatic rings. The first kappa shape index (κ1) is 24.2. The minimum Gasteiger partial charge on any atom is -0.359 e. The lowest BCUT2D eigenvalue weighted by Gasteiger charge is -2.24. The van der Waals surface area contributed by atoms with Gasteiger partial charge in [0.2, 0.25) is 10.0 Å². The SMILES string of the molecule is COC(CNC(=O)C(=O)NC[C@@H]1OCCN1S(=O)(=O)c1c(C)cc(C)cc1C)OC. The van der Waals surface area contributed by atoms with Gasteiger partial charge in [0.25, 0.3) is 0 Å². The van der Waals surface area contributed by atoms with Crippen molar-refractivity contribution in [3.63, 3.8) is 0 Å². The molecule has 0 radical (unpaired) electrons. The monoisotopic (exact) mass is 443 g/mol. The van der Waals surface area contributed by atoms with E-state index in [0.717, 1.165) is 5.56 Å². The predicted octanol–water partition coefficient (Wildman–Crippen LogP) is -0.190. The number of rotatable bonds is 8. The van der Waals surface area contributed by atoms with Gasteiger partial charge in [0.05, 0.1) is 24.6 Å². The highest BCUT2D eigenvalue weighted by molar-refractivity contribution is 7.89. The van der Waals surface area contributed by atoms with Gasteiger partial charge in [-0.3, -0.25) is 9.59 Å². The van der Waals surface area contributed by atoms with Gasteiger partial charge in [-0.05, 0) is 31.9 Å². The molecule has 1 aromatic rings. The second-order valence-electron chi connectivity index (χ2n) is 6.99. The average molecular weight is 444 g/mol. The van der Waals surface area contributed by atoms with Gasteiger partial charge in [-0.15, -0.1) is 0 Å². The van der Waals surface area contributed by atoms with Crippen LogP contribution in [0.5, 0.6) is 0 Å². The van der Waals surface area contributed by atoms with E-state index in [0.29, 0.717) is 11.1 Å². The average Bonchev–Trinajstić information content (AvgIpc) is 3.15. The first-order valence-electron chi connectivity index (χ1n) is 9.44. The van der Waals surface area contributed by atoms with Crippen molar-refractivity contribution in [2.75, 3.05) is 40.5 Å². The normalized spacial score (nSPS) is 17.3. The number of hydrogen-bond donors (Lipinski definition) is 2. The molecule has 10 nitrogen and oxygen atoms in total. The Balaban J connectivity index is 2.04. The lowest BCUT2D eigenvalue weighted by molar-refractivity contribution is -0.142. The zero-order valence-corrected chi connectivity index (χ0v) is 18.7. The van der Waals surface area contributed by atoms with Crippen LogP contribution in [0.25, 0.3) is 0 Å². The minimum atomic E-state index is -3.84. The van der Waals surface area contributed by atoms with E-state index in [4.69, 9.17) is 14.2 Å². The van der Waals surface area contributed by atoms with E-state index in [9.17, 15) is 18.0 Å². The molecule has 168 valence electrons. The van der Waals surface area contributed by atoms with E-state index in [1.807, 2.05) is 19.1 Å². The molecule has 30 heavy (non-hydrogen) atoms. The molecular weight excluding hydrogens is 414 g/mol. The van der Waals surface area contributed by atoms with Crippen molar-refractivity contribution in [1.82, 2.24) is 14.9 Å². The van der Waals surface area contributed by atoms with E-state index in [1.165, 1.54) is 18.5 Å². The van der Waals surface area contributed by atoms with Gasteiger partial charge in [0.15, 0.2) is 6.29 Å². The molecule has 0 aromatic heterocycles. The Bertz CT molecular complexity index is 861. The van der Waals surface area contributed by atoms with Crippen LogP contribution in [0.2, 0.25) is 0 Å². The molecule has 0 aliphatic carbocycles. The summed E-state index contributed by atoms with van der Waals surface area (Å²) in [5, 5.41) is 4.79. The van der Waals surface area contributed by atoms with Crippen molar-refractivity contribution >= 4 is 21.8 Å². The Morgan fingerprint density at radius 1 is 1.13 bits per heavy atom. The van der Waals surface area contributed by atoms with Crippen molar-refractivity contribution < 1.29 is 32.2 Å². The van der Waals surface area contributed by atoms with Crippen LogP contribution < -0.4 is 10.6 Å². The number of hydrogen-bond acceptors (Lipinski definition) is 7. The standard InChI is InChI=1S/C19H29N3O7S/c1-12-8-13(2)17(14(3)9-12)30(25,26)22-6-7-29-15(22)10-20-18(23)19(24)21-11-16(27-4)28-5/h8-9,15-16H,6-7,10-11H2,1-5H3,(H,20,23)(H,21,24)/t15-/m0/s1. The Morgan fingerprint density at radius 3 is 2.27 bits per heavy atom.